The van der Waals surface area contributed by atoms with Crippen molar-refractivity contribution in [3.63, 3.8) is 0 Å². The summed E-state index contributed by atoms with van der Waals surface area (Å²) in [6, 6.07) is 18.4. The summed E-state index contributed by atoms with van der Waals surface area (Å²) in [6.45, 7) is 5.21. The van der Waals surface area contributed by atoms with Gasteiger partial charge in [0.1, 0.15) is 0 Å². The number of piperidine rings is 2. The minimum absolute atomic E-state index is 0.0408. The zero-order valence-electron chi connectivity index (χ0n) is 20.2. The van der Waals surface area contributed by atoms with Crippen molar-refractivity contribution in [1.29, 1.82) is 0 Å². The third kappa shape index (κ3) is 6.24. The molecule has 8 heteroatoms. The van der Waals surface area contributed by atoms with Gasteiger partial charge in [-0.25, -0.2) is 0 Å². The molecule has 2 aliphatic heterocycles. The molecule has 1 N–H and O–H groups in total. The SMILES string of the molecule is O=C(CSc1nnc(CN2CCCCC2)n1-c1ccccc1)Nc1ccc(N2CCCCC2)cc1. The first kappa shape index (κ1) is 23.9. The Morgan fingerprint density at radius 2 is 1.49 bits per heavy atom. The fourth-order valence-corrected chi connectivity index (χ4v) is 5.66. The third-order valence-electron chi connectivity index (χ3n) is 6.73. The maximum absolute atomic E-state index is 12.7. The van der Waals surface area contributed by atoms with Crippen molar-refractivity contribution in [3.8, 4) is 5.69 Å². The van der Waals surface area contributed by atoms with Gasteiger partial charge >= 0.3 is 0 Å². The number of likely N-dealkylation sites (tertiary alicyclic amines) is 1. The summed E-state index contributed by atoms with van der Waals surface area (Å²) in [5, 5.41) is 12.8. The molecule has 7 nitrogen and oxygen atoms in total. The monoisotopic (exact) mass is 490 g/mol. The number of nitrogens with zero attached hydrogens (tertiary/aromatic N) is 5. The molecule has 0 spiro atoms. The Balaban J connectivity index is 1.22. The number of hydrogen-bond donors (Lipinski definition) is 1. The molecule has 2 aliphatic rings. The number of para-hydroxylation sites is 1. The van der Waals surface area contributed by atoms with Gasteiger partial charge in [-0.1, -0.05) is 36.4 Å². The zero-order valence-corrected chi connectivity index (χ0v) is 21.1. The second-order valence-corrected chi connectivity index (χ2v) is 10.3. The molecule has 1 aromatic heterocycles. The number of amides is 1. The first-order chi connectivity index (χ1) is 17.3. The number of nitrogens with one attached hydrogen (secondary N) is 1. The van der Waals surface area contributed by atoms with Crippen LogP contribution in [0.2, 0.25) is 0 Å². The third-order valence-corrected chi connectivity index (χ3v) is 7.66. The van der Waals surface area contributed by atoms with E-state index < -0.39 is 0 Å². The van der Waals surface area contributed by atoms with E-state index in [4.69, 9.17) is 0 Å². The van der Waals surface area contributed by atoms with Crippen LogP contribution in [0.5, 0.6) is 0 Å². The Hall–Kier alpha value is -2.84. The van der Waals surface area contributed by atoms with Crippen LogP contribution < -0.4 is 10.2 Å². The van der Waals surface area contributed by atoms with Crippen molar-refractivity contribution in [2.45, 2.75) is 50.2 Å². The van der Waals surface area contributed by atoms with Gasteiger partial charge in [-0.2, -0.15) is 0 Å². The highest BCUT2D eigenvalue weighted by Gasteiger charge is 2.19. The molecular weight excluding hydrogens is 456 g/mol. The van der Waals surface area contributed by atoms with Crippen LogP contribution in [0.3, 0.4) is 0 Å². The Morgan fingerprint density at radius 3 is 2.20 bits per heavy atom. The number of anilines is 2. The average molecular weight is 491 g/mol. The zero-order chi connectivity index (χ0) is 23.9. The highest BCUT2D eigenvalue weighted by molar-refractivity contribution is 7.99. The average Bonchev–Trinajstić information content (AvgIpc) is 3.32. The summed E-state index contributed by atoms with van der Waals surface area (Å²) in [5.41, 5.74) is 3.08. The first-order valence-corrected chi connectivity index (χ1v) is 13.7. The van der Waals surface area contributed by atoms with Gasteiger partial charge in [0, 0.05) is 30.2 Å². The summed E-state index contributed by atoms with van der Waals surface area (Å²) >= 11 is 1.43. The van der Waals surface area contributed by atoms with Crippen LogP contribution in [0.25, 0.3) is 5.69 Å². The van der Waals surface area contributed by atoms with E-state index in [2.05, 4.69) is 54.1 Å². The number of benzene rings is 2. The number of hydrogen-bond acceptors (Lipinski definition) is 6. The van der Waals surface area contributed by atoms with E-state index in [1.165, 1.54) is 56.0 Å². The van der Waals surface area contributed by atoms with Gasteiger partial charge in [0.05, 0.1) is 12.3 Å². The van der Waals surface area contributed by atoms with E-state index in [1.807, 2.05) is 30.3 Å². The molecule has 0 bridgehead atoms. The van der Waals surface area contributed by atoms with Crippen LogP contribution in [0.4, 0.5) is 11.4 Å². The summed E-state index contributed by atoms with van der Waals surface area (Å²) in [4.78, 5) is 17.6. The van der Waals surface area contributed by atoms with Gasteiger partial charge in [0.2, 0.25) is 5.91 Å². The highest BCUT2D eigenvalue weighted by atomic mass is 32.2. The second-order valence-electron chi connectivity index (χ2n) is 9.34. The standard InChI is InChI=1S/C27H34N6OS/c34-26(28-22-12-14-23(15-13-22)32-18-8-3-9-19-32)21-35-27-30-29-25(20-31-16-6-2-7-17-31)33(27)24-10-4-1-5-11-24/h1,4-5,10-15H,2-3,6-9,16-21H2,(H,28,34). The summed E-state index contributed by atoms with van der Waals surface area (Å²) in [5.74, 6) is 1.16. The van der Waals surface area contributed by atoms with Crippen molar-refractivity contribution in [1.82, 2.24) is 19.7 Å². The summed E-state index contributed by atoms with van der Waals surface area (Å²) < 4.78 is 2.10. The molecule has 3 aromatic rings. The van der Waals surface area contributed by atoms with Gasteiger partial charge in [-0.05, 0) is 81.6 Å². The largest absolute Gasteiger partial charge is 0.372 e. The molecule has 3 heterocycles. The van der Waals surface area contributed by atoms with Gasteiger partial charge in [0.15, 0.2) is 11.0 Å². The highest BCUT2D eigenvalue weighted by Crippen LogP contribution is 2.25. The Kier molecular flexibility index (Phi) is 8.00. The van der Waals surface area contributed by atoms with Crippen LogP contribution in [-0.4, -0.2) is 57.5 Å². The molecule has 35 heavy (non-hydrogen) atoms. The van der Waals surface area contributed by atoms with E-state index in [9.17, 15) is 4.79 Å². The summed E-state index contributed by atoms with van der Waals surface area (Å²) in [6.07, 6.45) is 7.60. The number of carbonyl (C=O) groups excluding carboxylic acids is 1. The molecule has 184 valence electrons. The number of thioether (sulfide) groups is 1. The Bertz CT molecular complexity index is 1090. The minimum Gasteiger partial charge on any atom is -0.372 e. The maximum atomic E-state index is 12.7. The topological polar surface area (TPSA) is 66.3 Å². The lowest BCUT2D eigenvalue weighted by atomic mass is 10.1. The van der Waals surface area contributed by atoms with Gasteiger partial charge in [0.25, 0.3) is 0 Å². The number of aromatic nitrogens is 3. The molecule has 1 amide bonds. The molecule has 0 unspecified atom stereocenters. The lowest BCUT2D eigenvalue weighted by Gasteiger charge is -2.28. The molecule has 2 fully saturated rings. The van der Waals surface area contributed by atoms with E-state index >= 15 is 0 Å². The molecule has 0 radical (unpaired) electrons. The molecule has 2 aromatic carbocycles. The van der Waals surface area contributed by atoms with E-state index in [-0.39, 0.29) is 11.7 Å². The minimum atomic E-state index is -0.0408. The van der Waals surface area contributed by atoms with Crippen molar-refractivity contribution >= 4 is 29.0 Å². The second kappa shape index (κ2) is 11.7. The predicted molar refractivity (Wildman–Crippen MR) is 142 cm³/mol. The van der Waals surface area contributed by atoms with Crippen LogP contribution in [-0.2, 0) is 11.3 Å². The van der Waals surface area contributed by atoms with Crippen molar-refractivity contribution < 1.29 is 4.79 Å². The van der Waals surface area contributed by atoms with Crippen molar-refractivity contribution in [3.05, 3.63) is 60.4 Å². The van der Waals surface area contributed by atoms with E-state index in [1.54, 1.807) is 0 Å². The van der Waals surface area contributed by atoms with Gasteiger partial charge in [-0.3, -0.25) is 14.3 Å². The quantitative estimate of drug-likeness (QED) is 0.450. The van der Waals surface area contributed by atoms with Crippen molar-refractivity contribution in [2.75, 3.05) is 42.1 Å². The van der Waals surface area contributed by atoms with E-state index in [0.717, 1.165) is 55.1 Å². The normalized spacial score (nSPS) is 16.9. The number of rotatable bonds is 8. The molecule has 0 aliphatic carbocycles. The smallest absolute Gasteiger partial charge is 0.234 e. The first-order valence-electron chi connectivity index (χ1n) is 12.8. The lowest BCUT2D eigenvalue weighted by molar-refractivity contribution is -0.113. The maximum Gasteiger partial charge on any atom is 0.234 e. The Labute approximate surface area is 211 Å². The molecule has 0 atom stereocenters. The van der Waals surface area contributed by atoms with Crippen LogP contribution in [0.1, 0.15) is 44.3 Å². The van der Waals surface area contributed by atoms with Crippen LogP contribution in [0.15, 0.2) is 59.8 Å². The predicted octanol–water partition coefficient (Wildman–Crippen LogP) is 4.97. The fourth-order valence-electron chi connectivity index (χ4n) is 4.88. The van der Waals surface area contributed by atoms with E-state index in [0.29, 0.717) is 0 Å². The molecule has 0 saturated carbocycles. The van der Waals surface area contributed by atoms with Crippen molar-refractivity contribution in [2.24, 2.45) is 0 Å². The molecule has 2 saturated heterocycles. The number of carbonyl (C=O) groups is 1. The van der Waals surface area contributed by atoms with Gasteiger partial charge in [-0.15, -0.1) is 10.2 Å². The van der Waals surface area contributed by atoms with Gasteiger partial charge < -0.3 is 10.2 Å². The molecule has 5 rings (SSSR count). The fraction of sp³-hybridized carbons (Fsp3) is 0.444. The lowest BCUT2D eigenvalue weighted by Crippen LogP contribution is -2.30. The van der Waals surface area contributed by atoms with Crippen LogP contribution in [0, 0.1) is 0 Å². The van der Waals surface area contributed by atoms with Crippen LogP contribution >= 0.6 is 11.8 Å². The molecular formula is C27H34N6OS. The Morgan fingerprint density at radius 1 is 0.800 bits per heavy atom. The summed E-state index contributed by atoms with van der Waals surface area (Å²) in [7, 11) is 0.